The topological polar surface area (TPSA) is 43.4 Å². The first-order valence-corrected chi connectivity index (χ1v) is 6.55. The zero-order chi connectivity index (χ0) is 14.9. The molecule has 2 rings (SSSR count). The van der Waals surface area contributed by atoms with Gasteiger partial charge in [0.2, 0.25) is 0 Å². The fourth-order valence-corrected chi connectivity index (χ4v) is 2.36. The summed E-state index contributed by atoms with van der Waals surface area (Å²) in [6.45, 7) is 0. The van der Waals surface area contributed by atoms with Crippen molar-refractivity contribution in [3.05, 3.63) is 59.7 Å². The molecule has 0 saturated carbocycles. The summed E-state index contributed by atoms with van der Waals surface area (Å²) in [6, 6.07) is 3.76. The maximum absolute atomic E-state index is 13.4. The predicted octanol–water partition coefficient (Wildman–Crippen LogP) is 3.01. The highest BCUT2D eigenvalue weighted by molar-refractivity contribution is 7.87. The molecule has 0 unspecified atom stereocenters. The lowest BCUT2D eigenvalue weighted by atomic mass is 10.3. The van der Waals surface area contributed by atoms with E-state index < -0.39 is 44.0 Å². The van der Waals surface area contributed by atoms with E-state index in [0.717, 1.165) is 12.1 Å². The van der Waals surface area contributed by atoms with Gasteiger partial charge < -0.3 is 4.18 Å². The van der Waals surface area contributed by atoms with Gasteiger partial charge in [-0.25, -0.2) is 17.6 Å². The van der Waals surface area contributed by atoms with E-state index in [2.05, 4.69) is 4.18 Å². The summed E-state index contributed by atoms with van der Waals surface area (Å²) in [7, 11) is -4.62. The molecule has 0 amide bonds. The number of benzene rings is 2. The summed E-state index contributed by atoms with van der Waals surface area (Å²) in [5.74, 6) is -5.37. The molecule has 106 valence electrons. The van der Waals surface area contributed by atoms with Crippen molar-refractivity contribution in [1.82, 2.24) is 0 Å². The van der Waals surface area contributed by atoms with Gasteiger partial charge in [0.25, 0.3) is 0 Å². The van der Waals surface area contributed by atoms with E-state index in [-0.39, 0.29) is 0 Å². The van der Waals surface area contributed by atoms with Crippen molar-refractivity contribution in [2.75, 3.05) is 0 Å². The molecule has 0 aliphatic heterocycles. The van der Waals surface area contributed by atoms with Crippen molar-refractivity contribution in [3.63, 3.8) is 0 Å². The third-order valence-electron chi connectivity index (χ3n) is 2.26. The molecule has 0 aliphatic carbocycles. The van der Waals surface area contributed by atoms with Crippen LogP contribution >= 0.6 is 0 Å². The lowest BCUT2D eigenvalue weighted by molar-refractivity contribution is 0.464. The Labute approximate surface area is 111 Å². The second kappa shape index (κ2) is 5.12. The van der Waals surface area contributed by atoms with Gasteiger partial charge in [0.15, 0.2) is 11.6 Å². The molecule has 0 fully saturated rings. The van der Waals surface area contributed by atoms with Gasteiger partial charge in [-0.05, 0) is 24.3 Å². The highest BCUT2D eigenvalue weighted by Gasteiger charge is 2.22. The SMILES string of the molecule is O=S(=O)(Oc1ccc(F)c(F)c1)c1ccc(F)cc1F. The minimum atomic E-state index is -4.62. The van der Waals surface area contributed by atoms with E-state index in [1.807, 2.05) is 0 Å². The van der Waals surface area contributed by atoms with E-state index in [1.165, 1.54) is 0 Å². The van der Waals surface area contributed by atoms with Crippen LogP contribution in [0.4, 0.5) is 17.6 Å². The van der Waals surface area contributed by atoms with Gasteiger partial charge in [0, 0.05) is 12.1 Å². The molecule has 0 spiro atoms. The zero-order valence-electron chi connectivity index (χ0n) is 9.61. The molecule has 0 heterocycles. The first kappa shape index (κ1) is 14.3. The number of hydrogen-bond acceptors (Lipinski definition) is 3. The molecule has 0 saturated heterocycles. The molecule has 3 nitrogen and oxygen atoms in total. The lowest BCUT2D eigenvalue weighted by Gasteiger charge is -2.08. The van der Waals surface area contributed by atoms with Crippen molar-refractivity contribution in [2.24, 2.45) is 0 Å². The fraction of sp³-hybridized carbons (Fsp3) is 0. The van der Waals surface area contributed by atoms with Gasteiger partial charge in [-0.15, -0.1) is 0 Å². The highest BCUT2D eigenvalue weighted by atomic mass is 32.2. The van der Waals surface area contributed by atoms with Gasteiger partial charge in [-0.2, -0.15) is 8.42 Å². The molecular formula is C12H6F4O3S. The Morgan fingerprint density at radius 2 is 1.50 bits per heavy atom. The first-order chi connectivity index (χ1) is 9.29. The van der Waals surface area contributed by atoms with E-state index in [0.29, 0.717) is 24.3 Å². The average Bonchev–Trinajstić information content (AvgIpc) is 2.33. The molecule has 0 atom stereocenters. The number of halogens is 4. The average molecular weight is 306 g/mol. The summed E-state index contributed by atoms with van der Waals surface area (Å²) in [4.78, 5) is -0.913. The molecule has 2 aromatic carbocycles. The minimum Gasteiger partial charge on any atom is -0.379 e. The van der Waals surface area contributed by atoms with Crippen LogP contribution < -0.4 is 4.18 Å². The second-order valence-corrected chi connectivity index (χ2v) is 5.20. The van der Waals surface area contributed by atoms with E-state index >= 15 is 0 Å². The third kappa shape index (κ3) is 2.90. The van der Waals surface area contributed by atoms with Crippen LogP contribution in [0.5, 0.6) is 5.75 Å². The van der Waals surface area contributed by atoms with Crippen LogP contribution in [0.25, 0.3) is 0 Å². The van der Waals surface area contributed by atoms with Crippen LogP contribution in [0.15, 0.2) is 41.3 Å². The molecule has 8 heteroatoms. The summed E-state index contributed by atoms with van der Waals surface area (Å²) in [5.41, 5.74) is 0. The number of rotatable bonds is 3. The fourth-order valence-electron chi connectivity index (χ4n) is 1.38. The molecule has 0 bridgehead atoms. The van der Waals surface area contributed by atoms with Gasteiger partial charge >= 0.3 is 10.1 Å². The largest absolute Gasteiger partial charge is 0.379 e. The Morgan fingerprint density at radius 1 is 0.800 bits per heavy atom. The molecule has 0 N–H and O–H groups in total. The Hall–Kier alpha value is -2.09. The van der Waals surface area contributed by atoms with Crippen molar-refractivity contribution in [2.45, 2.75) is 4.90 Å². The Bertz CT molecular complexity index is 759. The van der Waals surface area contributed by atoms with E-state index in [1.54, 1.807) is 0 Å². The molecule has 2 aromatic rings. The van der Waals surface area contributed by atoms with E-state index in [4.69, 9.17) is 0 Å². The summed E-state index contributed by atoms with van der Waals surface area (Å²) in [6.07, 6.45) is 0. The Kier molecular flexibility index (Phi) is 3.67. The van der Waals surface area contributed by atoms with Crippen LogP contribution in [0.1, 0.15) is 0 Å². The Morgan fingerprint density at radius 3 is 2.10 bits per heavy atom. The van der Waals surface area contributed by atoms with Crippen LogP contribution in [0.3, 0.4) is 0 Å². The summed E-state index contributed by atoms with van der Waals surface area (Å²) < 4.78 is 79.6. The second-order valence-electron chi connectivity index (χ2n) is 3.69. The zero-order valence-corrected chi connectivity index (χ0v) is 10.4. The quantitative estimate of drug-likeness (QED) is 0.647. The maximum atomic E-state index is 13.4. The maximum Gasteiger partial charge on any atom is 0.342 e. The molecular weight excluding hydrogens is 300 g/mol. The minimum absolute atomic E-state index is 0.363. The van der Waals surface area contributed by atoms with Crippen LogP contribution in [-0.2, 0) is 10.1 Å². The van der Waals surface area contributed by atoms with Crippen molar-refractivity contribution >= 4 is 10.1 Å². The summed E-state index contributed by atoms with van der Waals surface area (Å²) >= 11 is 0. The van der Waals surface area contributed by atoms with Crippen molar-refractivity contribution < 1.29 is 30.2 Å². The van der Waals surface area contributed by atoms with Gasteiger partial charge in [0.05, 0.1) is 0 Å². The molecule has 0 radical (unpaired) electrons. The standard InChI is InChI=1S/C12H6F4O3S/c13-7-1-4-12(11(16)5-7)20(17,18)19-8-2-3-9(14)10(15)6-8/h1-6H. The molecule has 0 aromatic heterocycles. The van der Waals surface area contributed by atoms with Gasteiger partial charge in [-0.1, -0.05) is 0 Å². The summed E-state index contributed by atoms with van der Waals surface area (Å²) in [5, 5.41) is 0. The van der Waals surface area contributed by atoms with Crippen molar-refractivity contribution in [1.29, 1.82) is 0 Å². The van der Waals surface area contributed by atoms with Crippen molar-refractivity contribution in [3.8, 4) is 5.75 Å². The molecule has 20 heavy (non-hydrogen) atoms. The highest BCUT2D eigenvalue weighted by Crippen LogP contribution is 2.22. The predicted molar refractivity (Wildman–Crippen MR) is 60.5 cm³/mol. The lowest BCUT2D eigenvalue weighted by Crippen LogP contribution is -2.12. The normalized spacial score (nSPS) is 11.4. The van der Waals surface area contributed by atoms with Gasteiger partial charge in [-0.3, -0.25) is 0 Å². The van der Waals surface area contributed by atoms with Crippen LogP contribution in [0.2, 0.25) is 0 Å². The third-order valence-corrected chi connectivity index (χ3v) is 3.54. The van der Waals surface area contributed by atoms with Crippen LogP contribution in [-0.4, -0.2) is 8.42 Å². The van der Waals surface area contributed by atoms with E-state index in [9.17, 15) is 26.0 Å². The van der Waals surface area contributed by atoms with Crippen LogP contribution in [0, 0.1) is 23.3 Å². The monoisotopic (exact) mass is 306 g/mol. The van der Waals surface area contributed by atoms with Gasteiger partial charge in [0.1, 0.15) is 22.3 Å². The molecule has 0 aliphatic rings. The Balaban J connectivity index is 2.38. The first-order valence-electron chi connectivity index (χ1n) is 5.14. The number of hydrogen-bond donors (Lipinski definition) is 0. The smallest absolute Gasteiger partial charge is 0.342 e.